The number of hydrogen-bond acceptors (Lipinski definition) is 3. The summed E-state index contributed by atoms with van der Waals surface area (Å²) in [4.78, 5) is 2.60. The van der Waals surface area contributed by atoms with Gasteiger partial charge < -0.3 is 10.5 Å². The Morgan fingerprint density at radius 1 is 1.25 bits per heavy atom. The zero-order valence-corrected chi connectivity index (χ0v) is 13.7. The van der Waals surface area contributed by atoms with Crippen LogP contribution in [0.2, 0.25) is 0 Å². The van der Waals surface area contributed by atoms with E-state index in [1.807, 2.05) is 0 Å². The summed E-state index contributed by atoms with van der Waals surface area (Å²) < 4.78 is 5.78. The molecule has 2 aliphatic rings. The van der Waals surface area contributed by atoms with E-state index < -0.39 is 0 Å². The smallest absolute Gasteiger partial charge is 0.0703 e. The van der Waals surface area contributed by atoms with E-state index in [1.54, 1.807) is 0 Å². The molecule has 0 spiro atoms. The Labute approximate surface area is 125 Å². The normalized spacial score (nSPS) is 39.1. The monoisotopic (exact) mass is 282 g/mol. The lowest BCUT2D eigenvalue weighted by Gasteiger charge is -2.45. The minimum Gasteiger partial charge on any atom is -0.377 e. The van der Waals surface area contributed by atoms with Crippen molar-refractivity contribution in [3.05, 3.63) is 0 Å². The Morgan fingerprint density at radius 2 is 2.05 bits per heavy atom. The van der Waals surface area contributed by atoms with Gasteiger partial charge in [0.1, 0.15) is 0 Å². The Kier molecular flexibility index (Phi) is 5.88. The molecule has 0 radical (unpaired) electrons. The molecule has 4 unspecified atom stereocenters. The van der Waals surface area contributed by atoms with Crippen LogP contribution >= 0.6 is 0 Å². The standard InChI is InChI=1S/C17H34N2O/c1-4-6-15-7-5-10-17(13-18,11-8-15)19(3)16-9-12-20-14(16)2/h14-16H,4-13,18H2,1-3H3. The van der Waals surface area contributed by atoms with Crippen molar-refractivity contribution in [2.24, 2.45) is 11.7 Å². The van der Waals surface area contributed by atoms with Crippen LogP contribution in [0.15, 0.2) is 0 Å². The zero-order chi connectivity index (χ0) is 14.6. The quantitative estimate of drug-likeness (QED) is 0.787. The molecule has 3 nitrogen and oxygen atoms in total. The van der Waals surface area contributed by atoms with Gasteiger partial charge in [-0.2, -0.15) is 0 Å². The number of hydrogen-bond donors (Lipinski definition) is 1. The van der Waals surface area contributed by atoms with E-state index in [0.717, 1.165) is 25.5 Å². The van der Waals surface area contributed by atoms with Gasteiger partial charge in [0.05, 0.1) is 6.10 Å². The average Bonchev–Trinajstić information content (AvgIpc) is 2.76. The second-order valence-electron chi connectivity index (χ2n) is 7.06. The van der Waals surface area contributed by atoms with E-state index in [1.165, 1.54) is 44.9 Å². The highest BCUT2D eigenvalue weighted by Crippen LogP contribution is 2.38. The number of ether oxygens (including phenoxy) is 1. The lowest BCUT2D eigenvalue weighted by molar-refractivity contribution is 0.0197. The Bertz CT molecular complexity index is 297. The van der Waals surface area contributed by atoms with Crippen LogP contribution in [-0.4, -0.2) is 42.8 Å². The number of nitrogens with two attached hydrogens (primary N) is 1. The molecule has 2 fully saturated rings. The summed E-state index contributed by atoms with van der Waals surface area (Å²) in [5.41, 5.74) is 6.48. The van der Waals surface area contributed by atoms with Crippen LogP contribution in [0.1, 0.15) is 65.2 Å². The maximum atomic E-state index is 6.26. The molecule has 0 aromatic heterocycles. The first-order chi connectivity index (χ1) is 9.63. The SMILES string of the molecule is CCCC1CCCC(CN)(N(C)C2CCOC2C)CC1. The molecule has 3 heteroatoms. The number of likely N-dealkylation sites (N-methyl/N-ethyl adjacent to an activating group) is 1. The van der Waals surface area contributed by atoms with Crippen molar-refractivity contribution >= 4 is 0 Å². The third-order valence-corrected chi connectivity index (χ3v) is 5.93. The molecular weight excluding hydrogens is 248 g/mol. The van der Waals surface area contributed by atoms with E-state index >= 15 is 0 Å². The molecule has 4 atom stereocenters. The Hall–Kier alpha value is -0.120. The molecule has 2 N–H and O–H groups in total. The van der Waals surface area contributed by atoms with E-state index in [-0.39, 0.29) is 5.54 Å². The summed E-state index contributed by atoms with van der Waals surface area (Å²) in [6, 6.07) is 0.557. The first kappa shape index (κ1) is 16.3. The molecule has 20 heavy (non-hydrogen) atoms. The molecule has 1 saturated heterocycles. The van der Waals surface area contributed by atoms with Crippen LogP contribution in [0.25, 0.3) is 0 Å². The van der Waals surface area contributed by atoms with Gasteiger partial charge >= 0.3 is 0 Å². The summed E-state index contributed by atoms with van der Waals surface area (Å²) in [6.07, 6.45) is 10.9. The maximum absolute atomic E-state index is 6.26. The third-order valence-electron chi connectivity index (χ3n) is 5.93. The van der Waals surface area contributed by atoms with Crippen molar-refractivity contribution in [1.82, 2.24) is 4.90 Å². The molecule has 0 aromatic rings. The average molecular weight is 282 g/mol. The first-order valence-electron chi connectivity index (χ1n) is 8.67. The highest BCUT2D eigenvalue weighted by atomic mass is 16.5. The molecule has 0 bridgehead atoms. The molecule has 1 aliphatic heterocycles. The lowest BCUT2D eigenvalue weighted by Crippen LogP contribution is -2.57. The van der Waals surface area contributed by atoms with Gasteiger partial charge in [0, 0.05) is 24.7 Å². The largest absolute Gasteiger partial charge is 0.377 e. The lowest BCUT2D eigenvalue weighted by atomic mass is 9.85. The number of rotatable bonds is 5. The summed E-state index contributed by atoms with van der Waals surface area (Å²) in [6.45, 7) is 6.24. The van der Waals surface area contributed by atoms with Crippen LogP contribution in [-0.2, 0) is 4.74 Å². The molecular formula is C17H34N2O. The fraction of sp³-hybridized carbons (Fsp3) is 1.00. The van der Waals surface area contributed by atoms with Gasteiger partial charge in [0.2, 0.25) is 0 Å². The highest BCUT2D eigenvalue weighted by Gasteiger charge is 2.41. The van der Waals surface area contributed by atoms with E-state index in [0.29, 0.717) is 12.1 Å². The van der Waals surface area contributed by atoms with Crippen molar-refractivity contribution in [2.75, 3.05) is 20.2 Å². The van der Waals surface area contributed by atoms with Crippen LogP contribution in [0.5, 0.6) is 0 Å². The predicted octanol–water partition coefficient (Wildman–Crippen LogP) is 3.17. The molecule has 1 heterocycles. The van der Waals surface area contributed by atoms with Gasteiger partial charge in [0.15, 0.2) is 0 Å². The second-order valence-corrected chi connectivity index (χ2v) is 7.06. The molecule has 118 valence electrons. The van der Waals surface area contributed by atoms with Crippen molar-refractivity contribution in [3.63, 3.8) is 0 Å². The molecule has 1 aliphatic carbocycles. The van der Waals surface area contributed by atoms with Crippen molar-refractivity contribution in [3.8, 4) is 0 Å². The maximum Gasteiger partial charge on any atom is 0.0703 e. The number of nitrogens with zero attached hydrogens (tertiary/aromatic N) is 1. The van der Waals surface area contributed by atoms with Crippen molar-refractivity contribution in [1.29, 1.82) is 0 Å². The highest BCUT2D eigenvalue weighted by molar-refractivity contribution is 4.97. The second kappa shape index (κ2) is 7.24. The van der Waals surface area contributed by atoms with Crippen LogP contribution in [0, 0.1) is 5.92 Å². The predicted molar refractivity (Wildman–Crippen MR) is 84.9 cm³/mol. The van der Waals surface area contributed by atoms with Gasteiger partial charge in [0.25, 0.3) is 0 Å². The van der Waals surface area contributed by atoms with Crippen LogP contribution < -0.4 is 5.73 Å². The van der Waals surface area contributed by atoms with E-state index in [9.17, 15) is 0 Å². The van der Waals surface area contributed by atoms with Crippen molar-refractivity contribution in [2.45, 2.75) is 82.9 Å². The molecule has 2 rings (SSSR count). The summed E-state index contributed by atoms with van der Waals surface area (Å²) in [5, 5.41) is 0. The first-order valence-corrected chi connectivity index (χ1v) is 8.67. The van der Waals surface area contributed by atoms with E-state index in [4.69, 9.17) is 10.5 Å². The van der Waals surface area contributed by atoms with E-state index in [2.05, 4.69) is 25.8 Å². The summed E-state index contributed by atoms with van der Waals surface area (Å²) >= 11 is 0. The van der Waals surface area contributed by atoms with Crippen LogP contribution in [0.3, 0.4) is 0 Å². The van der Waals surface area contributed by atoms with Gasteiger partial charge in [-0.15, -0.1) is 0 Å². The zero-order valence-electron chi connectivity index (χ0n) is 13.7. The van der Waals surface area contributed by atoms with Gasteiger partial charge in [-0.1, -0.05) is 32.6 Å². The Morgan fingerprint density at radius 3 is 2.65 bits per heavy atom. The minimum absolute atomic E-state index is 0.217. The molecule has 0 amide bonds. The summed E-state index contributed by atoms with van der Waals surface area (Å²) in [7, 11) is 2.29. The van der Waals surface area contributed by atoms with Gasteiger partial charge in [-0.05, 0) is 45.6 Å². The third kappa shape index (κ3) is 3.37. The fourth-order valence-electron chi connectivity index (χ4n) is 4.44. The van der Waals surface area contributed by atoms with Gasteiger partial charge in [-0.25, -0.2) is 0 Å². The molecule has 0 aromatic carbocycles. The van der Waals surface area contributed by atoms with Crippen LogP contribution in [0.4, 0.5) is 0 Å². The molecule has 1 saturated carbocycles. The van der Waals surface area contributed by atoms with Gasteiger partial charge in [-0.3, -0.25) is 4.90 Å². The minimum atomic E-state index is 0.217. The fourth-order valence-corrected chi connectivity index (χ4v) is 4.44. The summed E-state index contributed by atoms with van der Waals surface area (Å²) in [5.74, 6) is 0.930. The topological polar surface area (TPSA) is 38.5 Å². The Balaban J connectivity index is 2.04. The van der Waals surface area contributed by atoms with Crippen molar-refractivity contribution < 1.29 is 4.74 Å².